The van der Waals surface area contributed by atoms with E-state index in [2.05, 4.69) is 4.99 Å². The molecule has 6 heteroatoms. The quantitative estimate of drug-likeness (QED) is 0.569. The zero-order valence-corrected chi connectivity index (χ0v) is 18.5. The number of ether oxygens (including phenoxy) is 2. The van der Waals surface area contributed by atoms with Gasteiger partial charge in [0, 0.05) is 43.3 Å². The lowest BCUT2D eigenvalue weighted by molar-refractivity contribution is -0.124. The number of aliphatic imine (C=N–C) groups is 1. The largest absolute Gasteiger partial charge is 0.490 e. The number of nitrogens with zero attached hydrogens (tertiary/aromatic N) is 2. The Labute approximate surface area is 179 Å². The molecule has 1 saturated carbocycles. The highest BCUT2D eigenvalue weighted by Crippen LogP contribution is 2.30. The SMILES string of the molecule is CCN(CC1CC1)C(=O)C(C)=N/C(C)=C(\C)c1ccc(OC2CCOCC2)cc1F. The van der Waals surface area contributed by atoms with E-state index in [4.69, 9.17) is 9.47 Å². The highest BCUT2D eigenvalue weighted by molar-refractivity contribution is 6.38. The van der Waals surface area contributed by atoms with Gasteiger partial charge in [-0.25, -0.2) is 4.39 Å². The van der Waals surface area contributed by atoms with E-state index in [0.29, 0.717) is 54.0 Å². The van der Waals surface area contributed by atoms with Gasteiger partial charge < -0.3 is 14.4 Å². The molecule has 2 fully saturated rings. The minimum atomic E-state index is -0.348. The molecule has 3 rings (SSSR count). The Kier molecular flexibility index (Phi) is 7.64. The monoisotopic (exact) mass is 416 g/mol. The molecule has 0 radical (unpaired) electrons. The van der Waals surface area contributed by atoms with Gasteiger partial charge in [-0.2, -0.15) is 0 Å². The standard InChI is InChI=1S/C24H33FN2O3/c1-5-27(15-19-6-7-19)24(28)18(4)26-17(3)16(2)22-9-8-21(14-23(22)25)30-20-10-12-29-13-11-20/h8-9,14,19-20H,5-7,10-13,15H2,1-4H3/b17-16+,26-18?. The molecular formula is C24H33FN2O3. The topological polar surface area (TPSA) is 51.1 Å². The van der Waals surface area contributed by atoms with Crippen molar-refractivity contribution in [2.45, 2.75) is 59.5 Å². The molecule has 0 unspecified atom stereocenters. The molecule has 1 heterocycles. The molecule has 0 bridgehead atoms. The van der Waals surface area contributed by atoms with Crippen LogP contribution in [0.3, 0.4) is 0 Å². The second-order valence-corrected chi connectivity index (χ2v) is 8.27. The van der Waals surface area contributed by atoms with Crippen molar-refractivity contribution in [3.05, 3.63) is 35.3 Å². The smallest absolute Gasteiger partial charge is 0.267 e. The lowest BCUT2D eigenvalue weighted by atomic mass is 10.0. The van der Waals surface area contributed by atoms with Crippen LogP contribution < -0.4 is 4.74 Å². The molecule has 1 aromatic rings. The summed E-state index contributed by atoms with van der Waals surface area (Å²) >= 11 is 0. The fraction of sp³-hybridized carbons (Fsp3) is 0.583. The number of benzene rings is 1. The highest BCUT2D eigenvalue weighted by Gasteiger charge is 2.27. The van der Waals surface area contributed by atoms with Crippen LogP contribution in [0.4, 0.5) is 4.39 Å². The van der Waals surface area contributed by atoms with Crippen molar-refractivity contribution >= 4 is 17.2 Å². The molecular weight excluding hydrogens is 383 g/mol. The first-order chi connectivity index (χ1) is 14.4. The second kappa shape index (κ2) is 10.2. The lowest BCUT2D eigenvalue weighted by Crippen LogP contribution is -2.36. The Bertz CT molecular complexity index is 824. The van der Waals surface area contributed by atoms with Gasteiger partial charge in [-0.05, 0) is 64.2 Å². The van der Waals surface area contributed by atoms with E-state index >= 15 is 0 Å². The number of amides is 1. The molecule has 164 valence electrons. The maximum absolute atomic E-state index is 14.8. The summed E-state index contributed by atoms with van der Waals surface area (Å²) in [5.74, 6) is 0.773. The van der Waals surface area contributed by atoms with Crippen LogP contribution in [0, 0.1) is 11.7 Å². The number of carbonyl (C=O) groups excluding carboxylic acids is 1. The number of hydrogen-bond donors (Lipinski definition) is 0. The molecule has 30 heavy (non-hydrogen) atoms. The van der Waals surface area contributed by atoms with Crippen LogP contribution in [0.2, 0.25) is 0 Å². The van der Waals surface area contributed by atoms with E-state index < -0.39 is 0 Å². The highest BCUT2D eigenvalue weighted by atomic mass is 19.1. The molecule has 2 aliphatic rings. The average Bonchev–Trinajstić information content (AvgIpc) is 3.56. The van der Waals surface area contributed by atoms with Gasteiger partial charge >= 0.3 is 0 Å². The molecule has 1 aromatic carbocycles. The van der Waals surface area contributed by atoms with E-state index in [0.717, 1.165) is 19.4 Å². The molecule has 5 nitrogen and oxygen atoms in total. The summed E-state index contributed by atoms with van der Waals surface area (Å²) in [6, 6.07) is 4.94. The average molecular weight is 417 g/mol. The fourth-order valence-corrected chi connectivity index (χ4v) is 3.63. The predicted octanol–water partition coefficient (Wildman–Crippen LogP) is 4.85. The van der Waals surface area contributed by atoms with Crippen LogP contribution in [0.25, 0.3) is 5.57 Å². The Morgan fingerprint density at radius 2 is 1.90 bits per heavy atom. The van der Waals surface area contributed by atoms with Crippen molar-refractivity contribution in [3.8, 4) is 5.75 Å². The minimum absolute atomic E-state index is 0.0442. The van der Waals surface area contributed by atoms with Crippen LogP contribution in [0.5, 0.6) is 5.75 Å². The first kappa shape index (κ1) is 22.5. The van der Waals surface area contributed by atoms with Crippen LogP contribution in [0.1, 0.15) is 58.9 Å². The van der Waals surface area contributed by atoms with Crippen molar-refractivity contribution in [1.29, 1.82) is 0 Å². The van der Waals surface area contributed by atoms with Crippen LogP contribution in [-0.4, -0.2) is 48.9 Å². The third kappa shape index (κ3) is 5.91. The molecule has 0 N–H and O–H groups in total. The zero-order chi connectivity index (χ0) is 21.7. The molecule has 0 spiro atoms. The number of hydrogen-bond acceptors (Lipinski definition) is 4. The summed E-state index contributed by atoms with van der Waals surface area (Å²) in [6.07, 6.45) is 4.10. The molecule has 0 aromatic heterocycles. The molecule has 1 saturated heterocycles. The van der Waals surface area contributed by atoms with Gasteiger partial charge in [0.15, 0.2) is 0 Å². The molecule has 1 amide bonds. The van der Waals surface area contributed by atoms with Gasteiger partial charge in [0.1, 0.15) is 23.4 Å². The van der Waals surface area contributed by atoms with Gasteiger partial charge in [-0.15, -0.1) is 0 Å². The third-order valence-corrected chi connectivity index (χ3v) is 5.85. The first-order valence-electron chi connectivity index (χ1n) is 10.9. The summed E-state index contributed by atoms with van der Waals surface area (Å²) in [4.78, 5) is 19.1. The molecule has 0 atom stereocenters. The van der Waals surface area contributed by atoms with E-state index in [1.165, 1.54) is 18.9 Å². The van der Waals surface area contributed by atoms with Crippen molar-refractivity contribution in [2.75, 3.05) is 26.3 Å². The lowest BCUT2D eigenvalue weighted by Gasteiger charge is -2.23. The van der Waals surface area contributed by atoms with E-state index in [9.17, 15) is 9.18 Å². The van der Waals surface area contributed by atoms with Crippen molar-refractivity contribution in [2.24, 2.45) is 10.9 Å². The Morgan fingerprint density at radius 1 is 1.20 bits per heavy atom. The normalized spacial score (nSPS) is 18.8. The third-order valence-electron chi connectivity index (χ3n) is 5.85. The van der Waals surface area contributed by atoms with Crippen molar-refractivity contribution in [1.82, 2.24) is 4.90 Å². The van der Waals surface area contributed by atoms with E-state index in [1.54, 1.807) is 19.1 Å². The second-order valence-electron chi connectivity index (χ2n) is 8.27. The summed E-state index contributed by atoms with van der Waals surface area (Å²) in [6.45, 7) is 10.2. The summed E-state index contributed by atoms with van der Waals surface area (Å²) in [5, 5.41) is 0. The van der Waals surface area contributed by atoms with Crippen LogP contribution in [-0.2, 0) is 9.53 Å². The maximum atomic E-state index is 14.8. The van der Waals surface area contributed by atoms with Crippen molar-refractivity contribution < 1.29 is 18.7 Å². The van der Waals surface area contributed by atoms with Gasteiger partial charge in [-0.1, -0.05) is 0 Å². The van der Waals surface area contributed by atoms with Crippen molar-refractivity contribution in [3.63, 3.8) is 0 Å². The predicted molar refractivity (Wildman–Crippen MR) is 117 cm³/mol. The number of rotatable bonds is 8. The van der Waals surface area contributed by atoms with Gasteiger partial charge in [-0.3, -0.25) is 9.79 Å². The summed E-state index contributed by atoms with van der Waals surface area (Å²) in [7, 11) is 0. The summed E-state index contributed by atoms with van der Waals surface area (Å²) in [5.41, 5.74) is 2.26. The summed E-state index contributed by atoms with van der Waals surface area (Å²) < 4.78 is 26.0. The zero-order valence-electron chi connectivity index (χ0n) is 18.5. The minimum Gasteiger partial charge on any atom is -0.490 e. The molecule has 1 aliphatic carbocycles. The van der Waals surface area contributed by atoms with E-state index in [-0.39, 0.29) is 17.8 Å². The van der Waals surface area contributed by atoms with Gasteiger partial charge in [0.25, 0.3) is 5.91 Å². The Morgan fingerprint density at radius 3 is 2.50 bits per heavy atom. The number of allylic oxidation sites excluding steroid dienone is 2. The fourth-order valence-electron chi connectivity index (χ4n) is 3.63. The number of carbonyl (C=O) groups is 1. The van der Waals surface area contributed by atoms with Gasteiger partial charge in [0.2, 0.25) is 0 Å². The Hall–Kier alpha value is -2.21. The van der Waals surface area contributed by atoms with Gasteiger partial charge in [0.05, 0.1) is 13.2 Å². The first-order valence-corrected chi connectivity index (χ1v) is 10.9. The van der Waals surface area contributed by atoms with E-state index in [1.807, 2.05) is 25.7 Å². The van der Waals surface area contributed by atoms with Crippen LogP contribution >= 0.6 is 0 Å². The maximum Gasteiger partial charge on any atom is 0.267 e. The number of halogens is 1. The van der Waals surface area contributed by atoms with Crippen LogP contribution in [0.15, 0.2) is 28.9 Å². The molecule has 1 aliphatic heterocycles. The Balaban J connectivity index is 1.71.